The Kier molecular flexibility index (Phi) is 2.00. The summed E-state index contributed by atoms with van der Waals surface area (Å²) in [5, 5.41) is 10.1. The van der Waals surface area contributed by atoms with Crippen LogP contribution < -0.4 is 5.63 Å². The minimum atomic E-state index is -0.395. The molecule has 0 spiro atoms. The zero-order chi connectivity index (χ0) is 10.3. The van der Waals surface area contributed by atoms with Crippen molar-refractivity contribution in [2.24, 2.45) is 0 Å². The number of hydrogen-bond acceptors (Lipinski definition) is 4. The van der Waals surface area contributed by atoms with Gasteiger partial charge in [0.15, 0.2) is 0 Å². The van der Waals surface area contributed by atoms with Crippen LogP contribution in [0.1, 0.15) is 5.56 Å². The number of fused-ring (bicyclic) bond motifs is 1. The van der Waals surface area contributed by atoms with Gasteiger partial charge in [0.05, 0.1) is 0 Å². The largest absolute Gasteiger partial charge is 0.507 e. The molecule has 0 fully saturated rings. The Morgan fingerprint density at radius 1 is 1.36 bits per heavy atom. The molecule has 3 nitrogen and oxygen atoms in total. The first kappa shape index (κ1) is 9.15. The van der Waals surface area contributed by atoms with E-state index in [4.69, 9.17) is 4.42 Å². The number of phenolic OH excluding ortho intramolecular Hbond substituents is 1. The predicted molar refractivity (Wildman–Crippen MR) is 56.1 cm³/mol. The highest BCUT2D eigenvalue weighted by Crippen LogP contribution is 2.28. The van der Waals surface area contributed by atoms with Crippen LogP contribution in [-0.2, 0) is 0 Å². The molecule has 0 amide bonds. The first-order valence-electron chi connectivity index (χ1n) is 4.04. The van der Waals surface area contributed by atoms with Crippen LogP contribution in [0.15, 0.2) is 32.3 Å². The van der Waals surface area contributed by atoms with Crippen molar-refractivity contribution in [3.05, 3.63) is 34.2 Å². The zero-order valence-electron chi connectivity index (χ0n) is 7.44. The molecule has 0 saturated carbocycles. The fraction of sp³-hybridized carbons (Fsp3) is 0.100. The lowest BCUT2D eigenvalue weighted by Crippen LogP contribution is -1.97. The number of aromatic hydroxyl groups is 1. The van der Waals surface area contributed by atoms with Gasteiger partial charge in [-0.15, -0.1) is 12.6 Å². The molecule has 0 radical (unpaired) electrons. The second-order valence-electron chi connectivity index (χ2n) is 3.09. The number of hydrogen-bond donors (Lipinski definition) is 2. The lowest BCUT2D eigenvalue weighted by Gasteiger charge is -2.02. The van der Waals surface area contributed by atoms with Crippen LogP contribution in [0.5, 0.6) is 5.75 Å². The summed E-state index contributed by atoms with van der Waals surface area (Å²) >= 11 is 4.03. The number of rotatable bonds is 0. The van der Waals surface area contributed by atoms with E-state index in [2.05, 4.69) is 12.6 Å². The Morgan fingerprint density at radius 2 is 2.07 bits per heavy atom. The van der Waals surface area contributed by atoms with Crippen molar-refractivity contribution in [2.75, 3.05) is 0 Å². The molecular formula is C10H8O3S. The fourth-order valence-electron chi connectivity index (χ4n) is 1.34. The third kappa shape index (κ3) is 1.37. The van der Waals surface area contributed by atoms with Crippen molar-refractivity contribution in [1.29, 1.82) is 0 Å². The fourth-order valence-corrected chi connectivity index (χ4v) is 1.52. The monoisotopic (exact) mass is 208 g/mol. The van der Waals surface area contributed by atoms with Crippen LogP contribution in [0.4, 0.5) is 0 Å². The van der Waals surface area contributed by atoms with Crippen molar-refractivity contribution < 1.29 is 9.52 Å². The minimum absolute atomic E-state index is 0.0813. The summed E-state index contributed by atoms with van der Waals surface area (Å²) in [5.41, 5.74) is 0.825. The van der Waals surface area contributed by atoms with E-state index in [1.807, 2.05) is 0 Å². The smallest absolute Gasteiger partial charge is 0.336 e. The van der Waals surface area contributed by atoms with E-state index in [1.165, 1.54) is 18.2 Å². The van der Waals surface area contributed by atoms with Gasteiger partial charge in [-0.2, -0.15) is 0 Å². The summed E-state index contributed by atoms with van der Waals surface area (Å²) in [7, 11) is 0. The number of benzene rings is 1. The van der Waals surface area contributed by atoms with Crippen molar-refractivity contribution >= 4 is 23.6 Å². The van der Waals surface area contributed by atoms with E-state index in [0.29, 0.717) is 10.5 Å². The minimum Gasteiger partial charge on any atom is -0.507 e. The Morgan fingerprint density at radius 3 is 2.79 bits per heavy atom. The molecule has 4 heteroatoms. The molecule has 1 heterocycles. The molecule has 1 N–H and O–H groups in total. The molecule has 1 aromatic carbocycles. The summed E-state index contributed by atoms with van der Waals surface area (Å²) in [6.45, 7) is 1.79. The van der Waals surface area contributed by atoms with Gasteiger partial charge in [0.2, 0.25) is 0 Å². The maximum Gasteiger partial charge on any atom is 0.336 e. The van der Waals surface area contributed by atoms with E-state index < -0.39 is 5.63 Å². The molecule has 72 valence electrons. The van der Waals surface area contributed by atoms with E-state index in [9.17, 15) is 9.90 Å². The van der Waals surface area contributed by atoms with E-state index >= 15 is 0 Å². The molecule has 0 aliphatic rings. The Hall–Kier alpha value is -1.42. The third-order valence-corrected chi connectivity index (χ3v) is 2.40. The molecule has 1 aromatic heterocycles. The summed E-state index contributed by atoms with van der Waals surface area (Å²) in [4.78, 5) is 11.4. The highest BCUT2D eigenvalue weighted by Gasteiger charge is 2.05. The lowest BCUT2D eigenvalue weighted by atomic mass is 10.1. The zero-order valence-corrected chi connectivity index (χ0v) is 8.34. The van der Waals surface area contributed by atoms with E-state index in [0.717, 1.165) is 10.9 Å². The first-order chi connectivity index (χ1) is 6.58. The van der Waals surface area contributed by atoms with Gasteiger partial charge in [0.1, 0.15) is 11.3 Å². The average Bonchev–Trinajstić information content (AvgIpc) is 2.08. The summed E-state index contributed by atoms with van der Waals surface area (Å²) in [6.07, 6.45) is 0. The Bertz CT molecular complexity index is 557. The van der Waals surface area contributed by atoms with Gasteiger partial charge in [0, 0.05) is 16.3 Å². The topological polar surface area (TPSA) is 50.4 Å². The van der Waals surface area contributed by atoms with Crippen LogP contribution in [0, 0.1) is 6.92 Å². The van der Waals surface area contributed by atoms with Crippen molar-refractivity contribution in [3.63, 3.8) is 0 Å². The molecule has 0 aliphatic heterocycles. The molecule has 0 bridgehead atoms. The Labute approximate surface area is 85.4 Å². The van der Waals surface area contributed by atoms with Crippen LogP contribution in [0.25, 0.3) is 11.0 Å². The van der Waals surface area contributed by atoms with E-state index in [-0.39, 0.29) is 5.75 Å². The quantitative estimate of drug-likeness (QED) is 0.515. The molecule has 0 saturated heterocycles. The number of phenols is 1. The number of aryl methyl sites for hydroxylation is 1. The van der Waals surface area contributed by atoms with Crippen LogP contribution in [0.2, 0.25) is 0 Å². The molecule has 2 aromatic rings. The van der Waals surface area contributed by atoms with E-state index in [1.54, 1.807) is 6.92 Å². The molecular weight excluding hydrogens is 200 g/mol. The van der Waals surface area contributed by atoms with Crippen molar-refractivity contribution in [2.45, 2.75) is 11.8 Å². The molecule has 0 atom stereocenters. The normalized spacial score (nSPS) is 10.7. The highest BCUT2D eigenvalue weighted by molar-refractivity contribution is 7.80. The van der Waals surface area contributed by atoms with Gasteiger partial charge in [-0.3, -0.25) is 0 Å². The molecule has 0 aliphatic carbocycles. The number of thiol groups is 1. The van der Waals surface area contributed by atoms with Crippen LogP contribution >= 0.6 is 12.6 Å². The molecule has 2 rings (SSSR count). The molecule has 14 heavy (non-hydrogen) atoms. The first-order valence-corrected chi connectivity index (χ1v) is 4.49. The van der Waals surface area contributed by atoms with Gasteiger partial charge in [0.25, 0.3) is 0 Å². The van der Waals surface area contributed by atoms with Crippen LogP contribution in [-0.4, -0.2) is 5.11 Å². The Balaban J connectivity index is 2.96. The standard InChI is InChI=1S/C10H8O3S/c1-5-2-10(12)13-8-4-9(14)7(11)3-6(5)8/h2-4,11,14H,1H3. The second kappa shape index (κ2) is 3.06. The third-order valence-electron chi connectivity index (χ3n) is 2.05. The average molecular weight is 208 g/mol. The predicted octanol–water partition coefficient (Wildman–Crippen LogP) is 2.10. The van der Waals surface area contributed by atoms with Crippen molar-refractivity contribution in [1.82, 2.24) is 0 Å². The van der Waals surface area contributed by atoms with Gasteiger partial charge >= 0.3 is 5.63 Å². The summed E-state index contributed by atoms with van der Waals surface area (Å²) < 4.78 is 4.96. The lowest BCUT2D eigenvalue weighted by molar-refractivity contribution is 0.462. The maximum absolute atomic E-state index is 11.0. The SMILES string of the molecule is Cc1cc(=O)oc2cc(S)c(O)cc12. The van der Waals surface area contributed by atoms with Gasteiger partial charge < -0.3 is 9.52 Å². The van der Waals surface area contributed by atoms with Gasteiger partial charge in [-0.1, -0.05) is 0 Å². The van der Waals surface area contributed by atoms with Crippen LogP contribution in [0.3, 0.4) is 0 Å². The van der Waals surface area contributed by atoms with Gasteiger partial charge in [-0.05, 0) is 24.6 Å². The maximum atomic E-state index is 11.0. The van der Waals surface area contributed by atoms with Gasteiger partial charge in [-0.25, -0.2) is 4.79 Å². The highest BCUT2D eigenvalue weighted by atomic mass is 32.1. The molecule has 0 unspecified atom stereocenters. The van der Waals surface area contributed by atoms with Crippen molar-refractivity contribution in [3.8, 4) is 5.75 Å². The summed E-state index contributed by atoms with van der Waals surface area (Å²) in [5.74, 6) is 0.0813. The summed E-state index contributed by atoms with van der Waals surface area (Å²) in [6, 6.07) is 4.46. The second-order valence-corrected chi connectivity index (χ2v) is 3.57.